The number of benzene rings is 1. The number of rotatable bonds is 6. The number of likely N-dealkylation sites (N-methyl/N-ethyl adjacent to an activating group) is 1. The summed E-state index contributed by atoms with van der Waals surface area (Å²) in [7, 11) is 2.10. The maximum absolute atomic E-state index is 14.1. The van der Waals surface area contributed by atoms with Gasteiger partial charge in [-0.1, -0.05) is 6.08 Å². The number of piperazine rings is 1. The molecule has 0 bridgehead atoms. The van der Waals surface area contributed by atoms with Crippen molar-refractivity contribution in [1.29, 1.82) is 0 Å². The first-order valence-electron chi connectivity index (χ1n) is 12.1. The van der Waals surface area contributed by atoms with Crippen LogP contribution in [0.25, 0.3) is 16.9 Å². The minimum Gasteiger partial charge on any atom is -0.369 e. The van der Waals surface area contributed by atoms with E-state index in [2.05, 4.69) is 43.7 Å². The normalized spacial score (nSPS) is 14.7. The van der Waals surface area contributed by atoms with E-state index >= 15 is 0 Å². The van der Waals surface area contributed by atoms with Gasteiger partial charge in [-0.15, -0.1) is 6.58 Å². The van der Waals surface area contributed by atoms with Crippen LogP contribution in [0.5, 0.6) is 0 Å². The zero-order valence-electron chi connectivity index (χ0n) is 21.0. The number of hydrogen-bond acceptors (Lipinski definition) is 7. The third-order valence-electron chi connectivity index (χ3n) is 6.59. The molecule has 0 saturated carbocycles. The van der Waals surface area contributed by atoms with Gasteiger partial charge >= 0.3 is 6.18 Å². The summed E-state index contributed by atoms with van der Waals surface area (Å²) in [6.07, 6.45) is -0.845. The van der Waals surface area contributed by atoms with Gasteiger partial charge in [-0.05, 0) is 49.9 Å². The van der Waals surface area contributed by atoms with Crippen LogP contribution in [0.4, 0.5) is 30.4 Å². The highest BCUT2D eigenvalue weighted by molar-refractivity contribution is 5.75. The van der Waals surface area contributed by atoms with Crippen LogP contribution in [-0.4, -0.2) is 62.4 Å². The van der Waals surface area contributed by atoms with Crippen LogP contribution in [-0.2, 0) is 12.7 Å². The van der Waals surface area contributed by atoms with Crippen molar-refractivity contribution in [2.75, 3.05) is 43.4 Å². The molecule has 0 atom stereocenters. The van der Waals surface area contributed by atoms with Gasteiger partial charge in [0.2, 0.25) is 0 Å². The first-order chi connectivity index (χ1) is 18.2. The summed E-state index contributed by atoms with van der Waals surface area (Å²) >= 11 is 0. The first kappa shape index (κ1) is 25.5. The average molecular weight is 525 g/mol. The van der Waals surface area contributed by atoms with Gasteiger partial charge in [0.1, 0.15) is 23.1 Å². The number of nitrogens with one attached hydrogen (secondary N) is 1. The molecule has 4 heterocycles. The Balaban J connectivity index is 1.56. The van der Waals surface area contributed by atoms with E-state index in [0.29, 0.717) is 5.69 Å². The van der Waals surface area contributed by atoms with Crippen molar-refractivity contribution in [2.45, 2.75) is 19.6 Å². The zero-order valence-corrected chi connectivity index (χ0v) is 21.0. The van der Waals surface area contributed by atoms with Crippen molar-refractivity contribution in [2.24, 2.45) is 0 Å². The molecule has 0 aliphatic carbocycles. The monoisotopic (exact) mass is 524 g/mol. The second-order valence-electron chi connectivity index (χ2n) is 9.23. The molecule has 5 rings (SSSR count). The Morgan fingerprint density at radius 2 is 1.89 bits per heavy atom. The molecule has 3 aromatic heterocycles. The molecule has 9 nitrogen and oxygen atoms in total. The molecule has 1 aromatic carbocycles. The van der Waals surface area contributed by atoms with E-state index in [4.69, 9.17) is 0 Å². The Kier molecular flexibility index (Phi) is 6.66. The lowest BCUT2D eigenvalue weighted by atomic mass is 10.1. The van der Waals surface area contributed by atoms with E-state index in [1.165, 1.54) is 24.7 Å². The number of anilines is 3. The van der Waals surface area contributed by atoms with Gasteiger partial charge in [-0.2, -0.15) is 13.2 Å². The van der Waals surface area contributed by atoms with Gasteiger partial charge in [0, 0.05) is 43.8 Å². The van der Waals surface area contributed by atoms with Gasteiger partial charge in [-0.3, -0.25) is 4.79 Å². The molecule has 0 unspecified atom stereocenters. The Bertz CT molecular complexity index is 1550. The molecule has 1 aliphatic heterocycles. The Morgan fingerprint density at radius 3 is 2.58 bits per heavy atom. The summed E-state index contributed by atoms with van der Waals surface area (Å²) in [5, 5.41) is 3.20. The maximum Gasteiger partial charge on any atom is 0.420 e. The van der Waals surface area contributed by atoms with Gasteiger partial charge in [-0.25, -0.2) is 24.3 Å². The number of aromatic nitrogens is 5. The number of nitrogens with zero attached hydrogens (tertiary/aromatic N) is 7. The molecule has 12 heteroatoms. The predicted octanol–water partition coefficient (Wildman–Crippen LogP) is 3.99. The van der Waals surface area contributed by atoms with E-state index in [1.54, 1.807) is 0 Å². The topological polar surface area (TPSA) is 84.1 Å². The van der Waals surface area contributed by atoms with Crippen LogP contribution in [0.3, 0.4) is 0 Å². The number of aryl methyl sites for hydroxylation is 1. The minimum absolute atomic E-state index is 0.0226. The summed E-state index contributed by atoms with van der Waals surface area (Å²) in [6, 6.07) is 8.05. The quantitative estimate of drug-likeness (QED) is 0.382. The highest BCUT2D eigenvalue weighted by Crippen LogP contribution is 2.35. The lowest BCUT2D eigenvalue weighted by molar-refractivity contribution is -0.137. The van der Waals surface area contributed by atoms with Crippen LogP contribution in [0.15, 0.2) is 60.3 Å². The van der Waals surface area contributed by atoms with Crippen LogP contribution < -0.4 is 15.8 Å². The molecule has 0 amide bonds. The van der Waals surface area contributed by atoms with E-state index in [0.717, 1.165) is 52.9 Å². The predicted molar refractivity (Wildman–Crippen MR) is 140 cm³/mol. The van der Waals surface area contributed by atoms with Gasteiger partial charge in [0.25, 0.3) is 5.56 Å². The summed E-state index contributed by atoms with van der Waals surface area (Å²) in [5.41, 5.74) is 1.33. The summed E-state index contributed by atoms with van der Waals surface area (Å²) < 4.78 is 44.5. The van der Waals surface area contributed by atoms with E-state index in [1.807, 2.05) is 25.1 Å². The van der Waals surface area contributed by atoms with Crippen LogP contribution >= 0.6 is 0 Å². The lowest BCUT2D eigenvalue weighted by Gasteiger charge is -2.35. The lowest BCUT2D eigenvalue weighted by Crippen LogP contribution is -2.44. The number of alkyl halides is 3. The largest absolute Gasteiger partial charge is 0.420 e. The molecule has 198 valence electrons. The molecule has 38 heavy (non-hydrogen) atoms. The first-order valence-corrected chi connectivity index (χ1v) is 12.1. The fourth-order valence-corrected chi connectivity index (χ4v) is 4.67. The zero-order chi connectivity index (χ0) is 27.0. The van der Waals surface area contributed by atoms with Crippen LogP contribution in [0.1, 0.15) is 11.1 Å². The number of allylic oxidation sites excluding steroid dienone is 1. The van der Waals surface area contributed by atoms with E-state index in [9.17, 15) is 18.0 Å². The third-order valence-corrected chi connectivity index (χ3v) is 6.59. The fraction of sp³-hybridized carbons (Fsp3) is 0.308. The number of fused-ring (bicyclic) bond motifs is 1. The SMILES string of the molecule is C=CCn1c(=O)c2cncnc2n1-c1nc(Nc2ccc(N3CCN(C)CC3)c(C)c2)ccc1C(F)(F)F. The van der Waals surface area contributed by atoms with Crippen LogP contribution in [0.2, 0.25) is 0 Å². The molecular weight excluding hydrogens is 497 g/mol. The van der Waals surface area contributed by atoms with Crippen molar-refractivity contribution in [3.05, 3.63) is 77.0 Å². The standard InChI is InChI=1S/C26H27F3N8O/c1-4-9-36-25(38)19-15-30-16-31-23(19)37(36)24-20(26(27,28)29)6-8-22(33-24)32-18-5-7-21(17(2)14-18)35-12-10-34(3)11-13-35/h4-8,14-16H,1,9-13H2,2-3H3,(H,32,33). The maximum atomic E-state index is 14.1. The van der Waals surface area contributed by atoms with Crippen molar-refractivity contribution < 1.29 is 13.2 Å². The summed E-state index contributed by atoms with van der Waals surface area (Å²) in [5.74, 6) is -0.283. The summed E-state index contributed by atoms with van der Waals surface area (Å²) in [4.78, 5) is 29.8. The van der Waals surface area contributed by atoms with Crippen molar-refractivity contribution in [3.8, 4) is 5.82 Å². The van der Waals surface area contributed by atoms with E-state index in [-0.39, 0.29) is 23.4 Å². The molecule has 0 spiro atoms. The Hall–Kier alpha value is -4.19. The second kappa shape index (κ2) is 9.93. The average Bonchev–Trinajstić information content (AvgIpc) is 3.16. The minimum atomic E-state index is -4.72. The van der Waals surface area contributed by atoms with Crippen molar-refractivity contribution in [3.63, 3.8) is 0 Å². The second-order valence-corrected chi connectivity index (χ2v) is 9.23. The smallest absolute Gasteiger partial charge is 0.369 e. The highest BCUT2D eigenvalue weighted by atomic mass is 19.4. The Morgan fingerprint density at radius 1 is 1.13 bits per heavy atom. The number of halogens is 3. The molecule has 1 saturated heterocycles. The molecule has 1 aliphatic rings. The van der Waals surface area contributed by atoms with Crippen molar-refractivity contribution in [1.82, 2.24) is 29.2 Å². The van der Waals surface area contributed by atoms with Crippen molar-refractivity contribution >= 4 is 28.2 Å². The molecule has 0 radical (unpaired) electrons. The van der Waals surface area contributed by atoms with Gasteiger partial charge < -0.3 is 15.1 Å². The molecular formula is C26H27F3N8O. The molecule has 1 fully saturated rings. The van der Waals surface area contributed by atoms with Crippen LogP contribution in [0, 0.1) is 6.92 Å². The molecule has 1 N–H and O–H groups in total. The Labute approximate surface area is 216 Å². The number of pyridine rings is 1. The molecule has 4 aromatic rings. The summed E-state index contributed by atoms with van der Waals surface area (Å²) in [6.45, 7) is 9.40. The third kappa shape index (κ3) is 4.74. The fourth-order valence-electron chi connectivity index (χ4n) is 4.67. The van der Waals surface area contributed by atoms with Gasteiger partial charge in [0.05, 0.1) is 6.54 Å². The van der Waals surface area contributed by atoms with E-state index < -0.39 is 23.1 Å². The van der Waals surface area contributed by atoms with Gasteiger partial charge in [0.15, 0.2) is 11.5 Å². The highest BCUT2D eigenvalue weighted by Gasteiger charge is 2.36. The number of hydrogen-bond donors (Lipinski definition) is 1.